The second-order valence-electron chi connectivity index (χ2n) is 5.69. The van der Waals surface area contributed by atoms with Crippen molar-refractivity contribution in [3.63, 3.8) is 0 Å². The van der Waals surface area contributed by atoms with E-state index < -0.39 is 12.2 Å². The molecular weight excluding hydrogens is 424 g/mol. The lowest BCUT2D eigenvalue weighted by Crippen LogP contribution is -2.35. The van der Waals surface area contributed by atoms with Crippen LogP contribution in [0.25, 0.3) is 12.2 Å². The highest BCUT2D eigenvalue weighted by atomic mass is 32.1. The molecule has 0 aromatic heterocycles. The summed E-state index contributed by atoms with van der Waals surface area (Å²) in [5, 5.41) is 10.6. The van der Waals surface area contributed by atoms with E-state index in [-0.39, 0.29) is 10.2 Å². The number of hydrogen-bond donors (Lipinski definition) is 4. The van der Waals surface area contributed by atoms with Gasteiger partial charge in [0.25, 0.3) is 0 Å². The van der Waals surface area contributed by atoms with Crippen LogP contribution in [-0.2, 0) is 9.47 Å². The molecule has 2 amide bonds. The first-order chi connectivity index (χ1) is 14.4. The van der Waals surface area contributed by atoms with E-state index in [0.29, 0.717) is 11.4 Å². The van der Waals surface area contributed by atoms with E-state index in [4.69, 9.17) is 24.4 Å². The number of amides is 2. The lowest BCUT2D eigenvalue weighted by Gasteiger charge is -2.16. The van der Waals surface area contributed by atoms with Crippen LogP contribution in [0.15, 0.2) is 48.5 Å². The normalized spacial score (nSPS) is 10.1. The standard InChI is InChI=1S/C20H20N4O4S2/c1-27-19(25)23-17(29)21-15-11-10-14(9-8-13-6-4-3-5-7-13)12-16(15)22-18(30)24-20(26)28-2/h3-12H,1-2H3,(H2,21,23,25,29)(H2,22,24,26,30). The highest BCUT2D eigenvalue weighted by Crippen LogP contribution is 2.24. The van der Waals surface area contributed by atoms with Gasteiger partial charge in [0.05, 0.1) is 25.6 Å². The average Bonchev–Trinajstić information content (AvgIpc) is 2.74. The highest BCUT2D eigenvalue weighted by Gasteiger charge is 2.11. The molecule has 0 aliphatic heterocycles. The number of anilines is 2. The summed E-state index contributed by atoms with van der Waals surface area (Å²) in [6.45, 7) is 0. The Hall–Kier alpha value is -3.50. The Bertz CT molecular complexity index is 965. The molecule has 0 aliphatic carbocycles. The van der Waals surface area contributed by atoms with Crippen molar-refractivity contribution in [3.05, 3.63) is 59.7 Å². The summed E-state index contributed by atoms with van der Waals surface area (Å²) in [4.78, 5) is 22.7. The number of rotatable bonds is 4. The summed E-state index contributed by atoms with van der Waals surface area (Å²) < 4.78 is 9.05. The molecule has 0 spiro atoms. The molecule has 2 aromatic carbocycles. The van der Waals surface area contributed by atoms with Gasteiger partial charge in [-0.15, -0.1) is 0 Å². The third-order valence-electron chi connectivity index (χ3n) is 3.61. The van der Waals surface area contributed by atoms with Crippen molar-refractivity contribution in [1.82, 2.24) is 10.6 Å². The third kappa shape index (κ3) is 7.49. The number of nitrogens with one attached hydrogen (secondary N) is 4. The van der Waals surface area contributed by atoms with Crippen molar-refractivity contribution in [3.8, 4) is 0 Å². The number of hydrogen-bond acceptors (Lipinski definition) is 6. The number of ether oxygens (including phenoxy) is 2. The minimum absolute atomic E-state index is 0.0286. The number of benzene rings is 2. The van der Waals surface area contributed by atoms with Crippen LogP contribution in [0.4, 0.5) is 21.0 Å². The van der Waals surface area contributed by atoms with Gasteiger partial charge in [-0.3, -0.25) is 10.6 Å². The molecule has 0 atom stereocenters. The summed E-state index contributed by atoms with van der Waals surface area (Å²) in [5.74, 6) is 0. The molecule has 8 nitrogen and oxygen atoms in total. The molecule has 2 aromatic rings. The number of thiocarbonyl (C=S) groups is 2. The maximum atomic E-state index is 11.4. The molecule has 0 saturated heterocycles. The van der Waals surface area contributed by atoms with Gasteiger partial charge >= 0.3 is 12.2 Å². The van der Waals surface area contributed by atoms with Crippen molar-refractivity contribution in [1.29, 1.82) is 0 Å². The molecule has 4 N–H and O–H groups in total. The van der Waals surface area contributed by atoms with Gasteiger partial charge in [0.2, 0.25) is 0 Å². The SMILES string of the molecule is COC(=O)NC(=S)Nc1ccc(C=Cc2ccccc2)cc1NC(=S)NC(=O)OC. The summed E-state index contributed by atoms with van der Waals surface area (Å²) in [6, 6.07) is 15.2. The summed E-state index contributed by atoms with van der Waals surface area (Å²) in [6.07, 6.45) is 2.48. The first-order valence-corrected chi connectivity index (χ1v) is 9.42. The van der Waals surface area contributed by atoms with Gasteiger partial charge < -0.3 is 20.1 Å². The van der Waals surface area contributed by atoms with Gasteiger partial charge in [-0.25, -0.2) is 9.59 Å². The van der Waals surface area contributed by atoms with Gasteiger partial charge in [0, 0.05) is 0 Å². The largest absolute Gasteiger partial charge is 0.453 e. The molecule has 2 rings (SSSR count). The first kappa shape index (κ1) is 22.8. The zero-order valence-electron chi connectivity index (χ0n) is 16.2. The number of methoxy groups -OCH3 is 2. The van der Waals surface area contributed by atoms with Crippen molar-refractivity contribution >= 4 is 70.4 Å². The Morgan fingerprint density at radius 3 is 1.87 bits per heavy atom. The predicted octanol–water partition coefficient (Wildman–Crippen LogP) is 3.96. The van der Waals surface area contributed by atoms with Crippen molar-refractivity contribution in [2.24, 2.45) is 0 Å². The molecule has 10 heteroatoms. The first-order valence-electron chi connectivity index (χ1n) is 8.60. The quantitative estimate of drug-likeness (QED) is 0.415. The lowest BCUT2D eigenvalue weighted by atomic mass is 10.1. The molecule has 0 unspecified atom stereocenters. The fraction of sp³-hybridized carbons (Fsp3) is 0.100. The van der Waals surface area contributed by atoms with Gasteiger partial charge in [0.15, 0.2) is 10.2 Å². The second-order valence-corrected chi connectivity index (χ2v) is 6.51. The van der Waals surface area contributed by atoms with Crippen LogP contribution < -0.4 is 21.3 Å². The van der Waals surface area contributed by atoms with E-state index in [1.54, 1.807) is 12.1 Å². The van der Waals surface area contributed by atoms with Crippen LogP contribution in [-0.4, -0.2) is 36.6 Å². The van der Waals surface area contributed by atoms with Crippen LogP contribution in [0, 0.1) is 0 Å². The Kier molecular flexibility index (Phi) is 8.73. The van der Waals surface area contributed by atoms with E-state index in [0.717, 1.165) is 11.1 Å². The van der Waals surface area contributed by atoms with Crippen LogP contribution in [0.2, 0.25) is 0 Å². The average molecular weight is 445 g/mol. The highest BCUT2D eigenvalue weighted by molar-refractivity contribution is 7.80. The van der Waals surface area contributed by atoms with E-state index in [9.17, 15) is 9.59 Å². The predicted molar refractivity (Wildman–Crippen MR) is 125 cm³/mol. The number of carbonyl (C=O) groups is 2. The van der Waals surface area contributed by atoms with E-state index in [1.807, 2.05) is 48.6 Å². The van der Waals surface area contributed by atoms with E-state index in [1.165, 1.54) is 14.2 Å². The summed E-state index contributed by atoms with van der Waals surface area (Å²) in [7, 11) is 2.46. The van der Waals surface area contributed by atoms with Gasteiger partial charge in [-0.05, 0) is 47.7 Å². The van der Waals surface area contributed by atoms with Crippen molar-refractivity contribution in [2.75, 3.05) is 24.9 Å². The Labute approximate surface area is 184 Å². The van der Waals surface area contributed by atoms with E-state index >= 15 is 0 Å². The maximum Gasteiger partial charge on any atom is 0.413 e. The lowest BCUT2D eigenvalue weighted by molar-refractivity contribution is 0.176. The second kappa shape index (κ2) is 11.5. The monoisotopic (exact) mass is 444 g/mol. The zero-order valence-corrected chi connectivity index (χ0v) is 17.9. The van der Waals surface area contributed by atoms with E-state index in [2.05, 4.69) is 30.7 Å². The Balaban J connectivity index is 2.24. The minimum Gasteiger partial charge on any atom is -0.453 e. The van der Waals surface area contributed by atoms with Crippen LogP contribution in [0.1, 0.15) is 11.1 Å². The molecule has 30 heavy (non-hydrogen) atoms. The fourth-order valence-corrected chi connectivity index (χ4v) is 2.62. The molecule has 0 radical (unpaired) electrons. The minimum atomic E-state index is -0.704. The molecule has 0 aliphatic rings. The Morgan fingerprint density at radius 1 is 0.767 bits per heavy atom. The zero-order chi connectivity index (χ0) is 21.9. The molecule has 0 bridgehead atoms. The van der Waals surface area contributed by atoms with Gasteiger partial charge in [-0.1, -0.05) is 48.6 Å². The molecule has 156 valence electrons. The topological polar surface area (TPSA) is 101 Å². The number of alkyl carbamates (subject to hydrolysis) is 2. The molecule has 0 fully saturated rings. The number of carbonyl (C=O) groups excluding carboxylic acids is 2. The van der Waals surface area contributed by atoms with Gasteiger partial charge in [-0.2, -0.15) is 0 Å². The summed E-state index contributed by atoms with van der Waals surface area (Å²) >= 11 is 10.2. The third-order valence-corrected chi connectivity index (χ3v) is 4.02. The Morgan fingerprint density at radius 2 is 1.30 bits per heavy atom. The maximum absolute atomic E-state index is 11.4. The van der Waals surface area contributed by atoms with Crippen LogP contribution >= 0.6 is 24.4 Å². The van der Waals surface area contributed by atoms with Crippen molar-refractivity contribution in [2.45, 2.75) is 0 Å². The smallest absolute Gasteiger partial charge is 0.413 e. The van der Waals surface area contributed by atoms with Crippen LogP contribution in [0.3, 0.4) is 0 Å². The molecule has 0 saturated carbocycles. The van der Waals surface area contributed by atoms with Gasteiger partial charge in [0.1, 0.15) is 0 Å². The molecular formula is C20H20N4O4S2. The fourth-order valence-electron chi connectivity index (χ4n) is 2.23. The summed E-state index contributed by atoms with van der Waals surface area (Å²) in [5.41, 5.74) is 2.93. The van der Waals surface area contributed by atoms with Crippen molar-refractivity contribution < 1.29 is 19.1 Å². The molecule has 0 heterocycles. The van der Waals surface area contributed by atoms with Crippen LogP contribution in [0.5, 0.6) is 0 Å².